The fraction of sp³-hybridized carbons (Fsp3) is 0.235. The normalized spacial score (nSPS) is 11.7. The van der Waals surface area contributed by atoms with Gasteiger partial charge in [0.1, 0.15) is 6.54 Å². The van der Waals surface area contributed by atoms with E-state index in [4.69, 9.17) is 23.2 Å². The standard InChI is InChI=1S/C17H13BrCl2F3N5O/c1-9-4-14(17(21,22)23)25-28(9)8-15(29)24-16-11(18)7-27(26-16)6-10-2-3-12(19)13(20)5-10/h2-5,7H,6,8H2,1H3,(H,24,26,29). The molecule has 0 atom stereocenters. The lowest BCUT2D eigenvalue weighted by molar-refractivity contribution is -0.141. The summed E-state index contributed by atoms with van der Waals surface area (Å²) in [7, 11) is 0. The molecule has 2 heterocycles. The van der Waals surface area contributed by atoms with Crippen LogP contribution in [0, 0.1) is 6.92 Å². The Balaban J connectivity index is 1.68. The zero-order valence-corrected chi connectivity index (χ0v) is 17.9. The molecular weight excluding hydrogens is 498 g/mol. The molecule has 12 heteroatoms. The largest absolute Gasteiger partial charge is 0.435 e. The maximum Gasteiger partial charge on any atom is 0.435 e. The molecule has 154 valence electrons. The summed E-state index contributed by atoms with van der Waals surface area (Å²) in [6.07, 6.45) is -2.92. The summed E-state index contributed by atoms with van der Waals surface area (Å²) < 4.78 is 41.3. The Hall–Kier alpha value is -2.04. The Morgan fingerprint density at radius 1 is 1.21 bits per heavy atom. The van der Waals surface area contributed by atoms with Gasteiger partial charge in [-0.05, 0) is 46.6 Å². The first-order valence-electron chi connectivity index (χ1n) is 8.11. The van der Waals surface area contributed by atoms with Gasteiger partial charge in [-0.15, -0.1) is 0 Å². The van der Waals surface area contributed by atoms with Crippen LogP contribution < -0.4 is 5.32 Å². The smallest absolute Gasteiger partial charge is 0.307 e. The highest BCUT2D eigenvalue weighted by Gasteiger charge is 2.34. The van der Waals surface area contributed by atoms with Gasteiger partial charge in [-0.2, -0.15) is 23.4 Å². The van der Waals surface area contributed by atoms with Crippen LogP contribution in [0.5, 0.6) is 0 Å². The molecule has 0 saturated carbocycles. The number of nitrogens with one attached hydrogen (secondary N) is 1. The highest BCUT2D eigenvalue weighted by Crippen LogP contribution is 2.28. The van der Waals surface area contributed by atoms with Crippen molar-refractivity contribution in [3.05, 3.63) is 61.9 Å². The maximum atomic E-state index is 12.7. The minimum atomic E-state index is -4.57. The van der Waals surface area contributed by atoms with Gasteiger partial charge in [0.15, 0.2) is 11.5 Å². The molecule has 0 aliphatic carbocycles. The Labute approximate surface area is 181 Å². The van der Waals surface area contributed by atoms with Crippen molar-refractivity contribution in [2.75, 3.05) is 5.32 Å². The van der Waals surface area contributed by atoms with Crippen LogP contribution in [0.1, 0.15) is 17.0 Å². The van der Waals surface area contributed by atoms with E-state index in [2.05, 4.69) is 31.4 Å². The van der Waals surface area contributed by atoms with Crippen LogP contribution in [0.25, 0.3) is 0 Å². The Bertz CT molecular complexity index is 1060. The van der Waals surface area contributed by atoms with Crippen LogP contribution >= 0.6 is 39.1 Å². The third-order valence-electron chi connectivity index (χ3n) is 3.87. The van der Waals surface area contributed by atoms with Crippen molar-refractivity contribution < 1.29 is 18.0 Å². The van der Waals surface area contributed by atoms with E-state index in [1.54, 1.807) is 29.1 Å². The highest BCUT2D eigenvalue weighted by molar-refractivity contribution is 9.10. The first-order chi connectivity index (χ1) is 13.5. The number of anilines is 1. The van der Waals surface area contributed by atoms with Gasteiger partial charge in [0, 0.05) is 11.9 Å². The molecule has 1 aromatic carbocycles. The lowest BCUT2D eigenvalue weighted by Gasteiger charge is -2.06. The molecule has 0 bridgehead atoms. The lowest BCUT2D eigenvalue weighted by Crippen LogP contribution is -2.21. The van der Waals surface area contributed by atoms with Crippen LogP contribution in [0.4, 0.5) is 19.0 Å². The number of nitrogens with zero attached hydrogens (tertiary/aromatic N) is 4. The number of rotatable bonds is 5. The van der Waals surface area contributed by atoms with Crippen molar-refractivity contribution in [2.45, 2.75) is 26.2 Å². The third-order valence-corrected chi connectivity index (χ3v) is 5.19. The van der Waals surface area contributed by atoms with Gasteiger partial charge in [0.05, 0.1) is 21.1 Å². The monoisotopic (exact) mass is 509 g/mol. The molecule has 1 amide bonds. The predicted molar refractivity (Wildman–Crippen MR) is 106 cm³/mol. The Morgan fingerprint density at radius 2 is 1.93 bits per heavy atom. The summed E-state index contributed by atoms with van der Waals surface area (Å²) in [6, 6.07) is 6.05. The molecule has 0 saturated heterocycles. The molecule has 29 heavy (non-hydrogen) atoms. The predicted octanol–water partition coefficient (Wildman–Crippen LogP) is 5.16. The van der Waals surface area contributed by atoms with E-state index in [-0.39, 0.29) is 18.1 Å². The van der Waals surface area contributed by atoms with Crippen LogP contribution in [-0.2, 0) is 24.1 Å². The third kappa shape index (κ3) is 5.31. The molecule has 2 aromatic heterocycles. The number of hydrogen-bond donors (Lipinski definition) is 1. The Morgan fingerprint density at radius 3 is 2.55 bits per heavy atom. The molecule has 0 fully saturated rings. The highest BCUT2D eigenvalue weighted by atomic mass is 79.9. The number of benzene rings is 1. The molecular formula is C17H13BrCl2F3N5O. The second-order valence-corrected chi connectivity index (χ2v) is 7.81. The maximum absolute atomic E-state index is 12.7. The average molecular weight is 511 g/mol. The number of alkyl halides is 3. The van der Waals surface area contributed by atoms with E-state index < -0.39 is 17.8 Å². The molecule has 0 radical (unpaired) electrons. The van der Waals surface area contributed by atoms with Gasteiger partial charge in [0.25, 0.3) is 0 Å². The summed E-state index contributed by atoms with van der Waals surface area (Å²) in [4.78, 5) is 12.2. The van der Waals surface area contributed by atoms with Gasteiger partial charge >= 0.3 is 6.18 Å². The number of halogens is 6. The SMILES string of the molecule is Cc1cc(C(F)(F)F)nn1CC(=O)Nc1nn(Cc2ccc(Cl)c(Cl)c2)cc1Br. The summed E-state index contributed by atoms with van der Waals surface area (Å²) >= 11 is 15.2. The van der Waals surface area contributed by atoms with Gasteiger partial charge < -0.3 is 5.32 Å². The summed E-state index contributed by atoms with van der Waals surface area (Å²) in [5.74, 6) is -0.332. The number of hydrogen-bond acceptors (Lipinski definition) is 3. The number of aryl methyl sites for hydroxylation is 1. The van der Waals surface area contributed by atoms with Crippen LogP contribution in [-0.4, -0.2) is 25.5 Å². The van der Waals surface area contributed by atoms with Crippen molar-refractivity contribution in [2.24, 2.45) is 0 Å². The molecule has 1 N–H and O–H groups in total. The summed E-state index contributed by atoms with van der Waals surface area (Å²) in [6.45, 7) is 1.43. The van der Waals surface area contributed by atoms with Crippen molar-refractivity contribution in [3.8, 4) is 0 Å². The summed E-state index contributed by atoms with van der Waals surface area (Å²) in [5, 5.41) is 11.1. The van der Waals surface area contributed by atoms with Crippen molar-refractivity contribution in [1.29, 1.82) is 0 Å². The molecule has 3 rings (SSSR count). The minimum absolute atomic E-state index is 0.219. The molecule has 0 spiro atoms. The van der Waals surface area contributed by atoms with Gasteiger partial charge in [-0.25, -0.2) is 0 Å². The van der Waals surface area contributed by atoms with Crippen LogP contribution in [0.15, 0.2) is 34.9 Å². The van der Waals surface area contributed by atoms with Crippen molar-refractivity contribution >= 4 is 50.9 Å². The lowest BCUT2D eigenvalue weighted by atomic mass is 10.2. The topological polar surface area (TPSA) is 64.7 Å². The number of aromatic nitrogens is 4. The van der Waals surface area contributed by atoms with E-state index in [1.807, 2.05) is 0 Å². The fourth-order valence-corrected chi connectivity index (χ4v) is 3.24. The number of carbonyl (C=O) groups is 1. The molecule has 3 aromatic rings. The van der Waals surface area contributed by atoms with E-state index >= 15 is 0 Å². The van der Waals surface area contributed by atoms with Crippen molar-refractivity contribution in [1.82, 2.24) is 19.6 Å². The molecule has 6 nitrogen and oxygen atoms in total. The second-order valence-electron chi connectivity index (χ2n) is 6.15. The van der Waals surface area contributed by atoms with E-state index in [0.717, 1.165) is 16.3 Å². The van der Waals surface area contributed by atoms with Gasteiger partial charge in [-0.3, -0.25) is 14.2 Å². The van der Waals surface area contributed by atoms with E-state index in [1.165, 1.54) is 6.92 Å². The molecule has 0 aliphatic heterocycles. The van der Waals surface area contributed by atoms with Crippen molar-refractivity contribution in [3.63, 3.8) is 0 Å². The average Bonchev–Trinajstić information content (AvgIpc) is 3.14. The van der Waals surface area contributed by atoms with Crippen LogP contribution in [0.2, 0.25) is 10.0 Å². The zero-order valence-electron chi connectivity index (χ0n) is 14.8. The first-order valence-corrected chi connectivity index (χ1v) is 9.66. The quantitative estimate of drug-likeness (QED) is 0.515. The Kier molecular flexibility index (Phi) is 6.25. The minimum Gasteiger partial charge on any atom is -0.307 e. The van der Waals surface area contributed by atoms with E-state index in [0.29, 0.717) is 21.1 Å². The summed E-state index contributed by atoms with van der Waals surface area (Å²) in [5.41, 5.74) is 0.0192. The molecule has 0 aliphatic rings. The zero-order chi connectivity index (χ0) is 21.3. The second kappa shape index (κ2) is 8.37. The fourth-order valence-electron chi connectivity index (χ4n) is 2.50. The van der Waals surface area contributed by atoms with Crippen LogP contribution in [0.3, 0.4) is 0 Å². The molecule has 0 unspecified atom stereocenters. The first kappa shape index (κ1) is 21.7. The van der Waals surface area contributed by atoms with E-state index in [9.17, 15) is 18.0 Å². The number of amides is 1. The number of carbonyl (C=O) groups excluding carboxylic acids is 1. The van der Waals surface area contributed by atoms with Gasteiger partial charge in [0.2, 0.25) is 5.91 Å². The van der Waals surface area contributed by atoms with Gasteiger partial charge in [-0.1, -0.05) is 29.3 Å².